The minimum absolute atomic E-state index is 0.687. The molecule has 0 amide bonds. The maximum absolute atomic E-state index is 5.72. The van der Waals surface area contributed by atoms with E-state index in [4.69, 9.17) is 16.3 Å². The predicted molar refractivity (Wildman–Crippen MR) is 46.9 cm³/mol. The standard InChI is InChI=1S/C9H9ClO/c1-2-6-11-9-5-3-4-8(10)7-9/h2-7H,1H3/b6-2-. The van der Waals surface area contributed by atoms with E-state index in [1.165, 1.54) is 0 Å². The summed E-state index contributed by atoms with van der Waals surface area (Å²) in [5, 5.41) is 0.687. The molecule has 0 saturated carbocycles. The lowest BCUT2D eigenvalue weighted by atomic mass is 10.3. The van der Waals surface area contributed by atoms with Crippen LogP contribution in [0.1, 0.15) is 6.92 Å². The Balaban J connectivity index is 2.71. The summed E-state index contributed by atoms with van der Waals surface area (Å²) < 4.78 is 5.17. The van der Waals surface area contributed by atoms with E-state index >= 15 is 0 Å². The van der Waals surface area contributed by atoms with Crippen molar-refractivity contribution in [1.29, 1.82) is 0 Å². The quantitative estimate of drug-likeness (QED) is 0.616. The molecule has 2 heteroatoms. The van der Waals surface area contributed by atoms with Gasteiger partial charge < -0.3 is 4.74 Å². The van der Waals surface area contributed by atoms with Gasteiger partial charge in [0, 0.05) is 5.02 Å². The van der Waals surface area contributed by atoms with Crippen molar-refractivity contribution in [2.24, 2.45) is 0 Å². The largest absolute Gasteiger partial charge is 0.465 e. The molecule has 0 aromatic heterocycles. The van der Waals surface area contributed by atoms with Gasteiger partial charge in [-0.05, 0) is 25.1 Å². The minimum atomic E-state index is 0.687. The predicted octanol–water partition coefficient (Wildman–Crippen LogP) is 3.25. The molecular formula is C9H9ClO. The van der Waals surface area contributed by atoms with Gasteiger partial charge in [0.05, 0.1) is 6.26 Å². The van der Waals surface area contributed by atoms with E-state index in [1.807, 2.05) is 31.2 Å². The first kappa shape index (κ1) is 8.15. The van der Waals surface area contributed by atoms with E-state index in [0.29, 0.717) is 5.02 Å². The molecule has 1 aromatic carbocycles. The maximum atomic E-state index is 5.72. The van der Waals surface area contributed by atoms with Crippen LogP contribution >= 0.6 is 11.6 Å². The van der Waals surface area contributed by atoms with Crippen molar-refractivity contribution < 1.29 is 4.74 Å². The van der Waals surface area contributed by atoms with Crippen molar-refractivity contribution in [3.63, 3.8) is 0 Å². The van der Waals surface area contributed by atoms with E-state index in [2.05, 4.69) is 0 Å². The highest BCUT2D eigenvalue weighted by Crippen LogP contribution is 2.16. The van der Waals surface area contributed by atoms with E-state index < -0.39 is 0 Å². The Labute approximate surface area is 71.3 Å². The first-order valence-corrected chi connectivity index (χ1v) is 3.74. The van der Waals surface area contributed by atoms with Gasteiger partial charge in [-0.2, -0.15) is 0 Å². The zero-order valence-corrected chi connectivity index (χ0v) is 7.01. The number of hydrogen-bond donors (Lipinski definition) is 0. The van der Waals surface area contributed by atoms with E-state index in [9.17, 15) is 0 Å². The monoisotopic (exact) mass is 168 g/mol. The van der Waals surface area contributed by atoms with Gasteiger partial charge >= 0.3 is 0 Å². The third-order valence-corrected chi connectivity index (χ3v) is 1.37. The molecule has 0 saturated heterocycles. The molecule has 0 aliphatic carbocycles. The Morgan fingerprint density at radius 2 is 2.27 bits per heavy atom. The fourth-order valence-electron chi connectivity index (χ4n) is 0.687. The molecule has 0 aliphatic heterocycles. The summed E-state index contributed by atoms with van der Waals surface area (Å²) in [6.45, 7) is 1.89. The summed E-state index contributed by atoms with van der Waals surface area (Å²) in [5.74, 6) is 0.760. The third kappa shape index (κ3) is 2.64. The molecule has 0 heterocycles. The van der Waals surface area contributed by atoms with Crippen molar-refractivity contribution >= 4 is 11.6 Å². The van der Waals surface area contributed by atoms with Crippen molar-refractivity contribution in [2.75, 3.05) is 0 Å². The summed E-state index contributed by atoms with van der Waals surface area (Å²) in [6.07, 6.45) is 3.44. The van der Waals surface area contributed by atoms with Crippen LogP contribution < -0.4 is 4.74 Å². The van der Waals surface area contributed by atoms with Crippen LogP contribution in [0.5, 0.6) is 5.75 Å². The normalized spacial score (nSPS) is 10.4. The molecule has 1 nitrogen and oxygen atoms in total. The topological polar surface area (TPSA) is 9.23 Å². The van der Waals surface area contributed by atoms with Gasteiger partial charge in [0.2, 0.25) is 0 Å². The number of benzene rings is 1. The van der Waals surface area contributed by atoms with Crippen molar-refractivity contribution in [2.45, 2.75) is 6.92 Å². The van der Waals surface area contributed by atoms with Gasteiger partial charge in [0.1, 0.15) is 5.75 Å². The number of hydrogen-bond acceptors (Lipinski definition) is 1. The highest BCUT2D eigenvalue weighted by molar-refractivity contribution is 6.30. The number of rotatable bonds is 2. The molecule has 1 aromatic rings. The minimum Gasteiger partial charge on any atom is -0.465 e. The lowest BCUT2D eigenvalue weighted by Crippen LogP contribution is -1.79. The Bertz CT molecular complexity index is 255. The van der Waals surface area contributed by atoms with Gasteiger partial charge in [-0.3, -0.25) is 0 Å². The Kier molecular flexibility index (Phi) is 2.99. The van der Waals surface area contributed by atoms with Crippen LogP contribution in [-0.2, 0) is 0 Å². The summed E-state index contributed by atoms with van der Waals surface area (Å²) in [6, 6.07) is 7.28. The van der Waals surface area contributed by atoms with Crippen LogP contribution in [0.3, 0.4) is 0 Å². The number of allylic oxidation sites excluding steroid dienone is 1. The molecule has 0 aliphatic rings. The zero-order chi connectivity index (χ0) is 8.10. The lowest BCUT2D eigenvalue weighted by Gasteiger charge is -1.98. The third-order valence-electron chi connectivity index (χ3n) is 1.14. The molecule has 0 fully saturated rings. The number of ether oxygens (including phenoxy) is 1. The molecule has 0 bridgehead atoms. The molecule has 0 unspecified atom stereocenters. The zero-order valence-electron chi connectivity index (χ0n) is 6.25. The highest BCUT2D eigenvalue weighted by atomic mass is 35.5. The molecule has 1 rings (SSSR count). The number of halogens is 1. The molecule has 0 spiro atoms. The second kappa shape index (κ2) is 4.04. The van der Waals surface area contributed by atoms with Crippen LogP contribution in [0.15, 0.2) is 36.6 Å². The van der Waals surface area contributed by atoms with E-state index in [0.717, 1.165) is 5.75 Å². The lowest BCUT2D eigenvalue weighted by molar-refractivity contribution is 0.480. The van der Waals surface area contributed by atoms with Gasteiger partial charge in [0.15, 0.2) is 0 Å². The Morgan fingerprint density at radius 1 is 1.45 bits per heavy atom. The Hall–Kier alpha value is -0.950. The summed E-state index contributed by atoms with van der Waals surface area (Å²) in [5.41, 5.74) is 0. The van der Waals surface area contributed by atoms with Crippen LogP contribution in [0.2, 0.25) is 5.02 Å². The smallest absolute Gasteiger partial charge is 0.127 e. The second-order valence-corrected chi connectivity index (χ2v) is 2.48. The van der Waals surface area contributed by atoms with Crippen LogP contribution in [-0.4, -0.2) is 0 Å². The maximum Gasteiger partial charge on any atom is 0.127 e. The van der Waals surface area contributed by atoms with Crippen molar-refractivity contribution in [1.82, 2.24) is 0 Å². The highest BCUT2D eigenvalue weighted by Gasteiger charge is 1.90. The molecular weight excluding hydrogens is 160 g/mol. The van der Waals surface area contributed by atoms with Crippen LogP contribution in [0.4, 0.5) is 0 Å². The average molecular weight is 169 g/mol. The first-order chi connectivity index (χ1) is 5.33. The van der Waals surface area contributed by atoms with Gasteiger partial charge in [0.25, 0.3) is 0 Å². The first-order valence-electron chi connectivity index (χ1n) is 3.36. The average Bonchev–Trinajstić information content (AvgIpc) is 2.01. The Morgan fingerprint density at radius 3 is 2.91 bits per heavy atom. The fourth-order valence-corrected chi connectivity index (χ4v) is 0.867. The second-order valence-electron chi connectivity index (χ2n) is 2.04. The van der Waals surface area contributed by atoms with Crippen molar-refractivity contribution in [3.05, 3.63) is 41.6 Å². The molecule has 0 radical (unpaired) electrons. The van der Waals surface area contributed by atoms with Crippen LogP contribution in [0.25, 0.3) is 0 Å². The van der Waals surface area contributed by atoms with Crippen molar-refractivity contribution in [3.8, 4) is 5.75 Å². The van der Waals surface area contributed by atoms with Gasteiger partial charge in [-0.25, -0.2) is 0 Å². The fraction of sp³-hybridized carbons (Fsp3) is 0.111. The van der Waals surface area contributed by atoms with Gasteiger partial charge in [-0.1, -0.05) is 23.7 Å². The summed E-state index contributed by atoms with van der Waals surface area (Å²) in [4.78, 5) is 0. The van der Waals surface area contributed by atoms with E-state index in [-0.39, 0.29) is 0 Å². The molecule has 0 N–H and O–H groups in total. The molecule has 58 valence electrons. The SMILES string of the molecule is C/C=C\Oc1cccc(Cl)c1. The van der Waals surface area contributed by atoms with E-state index in [1.54, 1.807) is 12.3 Å². The molecule has 11 heavy (non-hydrogen) atoms. The summed E-state index contributed by atoms with van der Waals surface area (Å²) >= 11 is 5.72. The molecule has 0 atom stereocenters. The van der Waals surface area contributed by atoms with Gasteiger partial charge in [-0.15, -0.1) is 0 Å². The van der Waals surface area contributed by atoms with Crippen LogP contribution in [0, 0.1) is 0 Å². The summed E-state index contributed by atoms with van der Waals surface area (Å²) in [7, 11) is 0.